The molecule has 0 amide bonds. The Labute approximate surface area is 76.4 Å². The molecule has 0 aromatic carbocycles. The van der Waals surface area contributed by atoms with E-state index in [1.807, 2.05) is 6.07 Å². The van der Waals surface area contributed by atoms with Crippen LogP contribution in [-0.4, -0.2) is 22.1 Å². The number of hydrogen-bond acceptors (Lipinski definition) is 3. The van der Waals surface area contributed by atoms with Gasteiger partial charge in [-0.05, 0) is 18.3 Å². The third-order valence-electron chi connectivity index (χ3n) is 1.30. The Kier molecular flexibility index (Phi) is 3.40. The van der Waals surface area contributed by atoms with Crippen molar-refractivity contribution in [1.29, 1.82) is 0 Å². The van der Waals surface area contributed by atoms with E-state index in [-0.39, 0.29) is 0 Å². The summed E-state index contributed by atoms with van der Waals surface area (Å²) in [4.78, 5) is 7.83. The van der Waals surface area contributed by atoms with Gasteiger partial charge in [0.05, 0.1) is 12.2 Å². The quantitative estimate of drug-likeness (QED) is 0.634. The molecular weight excluding hydrogens is 172 g/mol. The predicted molar refractivity (Wildman–Crippen MR) is 50.5 cm³/mol. The second-order valence-electron chi connectivity index (χ2n) is 2.13. The molecular formula is C7H10N4S. The van der Waals surface area contributed by atoms with Gasteiger partial charge in [0, 0.05) is 13.2 Å². The molecule has 2 N–H and O–H groups in total. The minimum Gasteiger partial charge on any atom is -0.366 e. The van der Waals surface area contributed by atoms with E-state index < -0.39 is 0 Å². The highest BCUT2D eigenvalue weighted by Crippen LogP contribution is 1.88. The van der Waals surface area contributed by atoms with Crippen molar-refractivity contribution in [2.24, 2.45) is 0 Å². The zero-order valence-electron chi connectivity index (χ0n) is 6.74. The fraction of sp³-hybridized carbons (Fsp3) is 0.286. The second-order valence-corrected chi connectivity index (χ2v) is 2.54. The second kappa shape index (κ2) is 4.61. The van der Waals surface area contributed by atoms with Crippen LogP contribution in [0.5, 0.6) is 0 Å². The average molecular weight is 182 g/mol. The van der Waals surface area contributed by atoms with Gasteiger partial charge in [0.25, 0.3) is 0 Å². The van der Waals surface area contributed by atoms with Crippen molar-refractivity contribution in [2.75, 3.05) is 7.05 Å². The van der Waals surface area contributed by atoms with E-state index in [1.165, 1.54) is 6.33 Å². The van der Waals surface area contributed by atoms with Crippen molar-refractivity contribution >= 4 is 17.3 Å². The van der Waals surface area contributed by atoms with Crippen LogP contribution in [0.15, 0.2) is 18.6 Å². The smallest absolute Gasteiger partial charge is 0.166 e. The van der Waals surface area contributed by atoms with Gasteiger partial charge < -0.3 is 10.6 Å². The normalized spacial score (nSPS) is 9.08. The van der Waals surface area contributed by atoms with E-state index in [2.05, 4.69) is 20.6 Å². The van der Waals surface area contributed by atoms with E-state index in [1.54, 1.807) is 13.2 Å². The molecule has 0 aliphatic heterocycles. The van der Waals surface area contributed by atoms with Crippen molar-refractivity contribution < 1.29 is 0 Å². The predicted octanol–water partition coefficient (Wildman–Crippen LogP) is 0.0705. The summed E-state index contributed by atoms with van der Waals surface area (Å²) in [5, 5.41) is 6.41. The highest BCUT2D eigenvalue weighted by Gasteiger charge is 1.93. The van der Waals surface area contributed by atoms with Crippen molar-refractivity contribution in [3.05, 3.63) is 24.3 Å². The molecule has 0 spiro atoms. The Balaban J connectivity index is 2.38. The Morgan fingerprint density at radius 1 is 1.67 bits per heavy atom. The van der Waals surface area contributed by atoms with Gasteiger partial charge in [-0.2, -0.15) is 0 Å². The fourth-order valence-corrected chi connectivity index (χ4v) is 0.754. The standard InChI is InChI=1S/C7H10N4S/c1-8-7(12)10-4-6-2-3-9-5-11-6/h2-3,5H,4H2,1H3,(H2,8,10,12). The molecule has 5 heteroatoms. The maximum absolute atomic E-state index is 4.89. The van der Waals surface area contributed by atoms with Gasteiger partial charge in [0.15, 0.2) is 5.11 Å². The lowest BCUT2D eigenvalue weighted by molar-refractivity contribution is 0.848. The van der Waals surface area contributed by atoms with Gasteiger partial charge in [-0.15, -0.1) is 0 Å². The Hall–Kier alpha value is -1.23. The van der Waals surface area contributed by atoms with Gasteiger partial charge in [-0.25, -0.2) is 9.97 Å². The van der Waals surface area contributed by atoms with Crippen LogP contribution >= 0.6 is 12.2 Å². The molecule has 0 fully saturated rings. The zero-order chi connectivity index (χ0) is 8.81. The number of rotatable bonds is 2. The van der Waals surface area contributed by atoms with Crippen LogP contribution in [0, 0.1) is 0 Å². The van der Waals surface area contributed by atoms with Gasteiger partial charge in [0.1, 0.15) is 6.33 Å². The van der Waals surface area contributed by atoms with Crippen molar-refractivity contribution in [3.8, 4) is 0 Å². The first-order valence-electron chi connectivity index (χ1n) is 3.53. The molecule has 1 rings (SSSR count). The van der Waals surface area contributed by atoms with Gasteiger partial charge >= 0.3 is 0 Å². The first-order valence-corrected chi connectivity index (χ1v) is 3.94. The van der Waals surface area contributed by atoms with Crippen LogP contribution in [-0.2, 0) is 6.54 Å². The maximum Gasteiger partial charge on any atom is 0.166 e. The number of thiocarbonyl (C=S) groups is 1. The summed E-state index contributed by atoms with van der Waals surface area (Å²) >= 11 is 4.89. The van der Waals surface area contributed by atoms with E-state index in [4.69, 9.17) is 12.2 Å². The minimum atomic E-state index is 0.619. The lowest BCUT2D eigenvalue weighted by atomic mass is 10.4. The third kappa shape index (κ3) is 2.79. The summed E-state index contributed by atoms with van der Waals surface area (Å²) < 4.78 is 0. The first-order chi connectivity index (χ1) is 5.83. The molecule has 12 heavy (non-hydrogen) atoms. The van der Waals surface area contributed by atoms with Gasteiger partial charge in [-0.3, -0.25) is 0 Å². The van der Waals surface area contributed by atoms with Crippen LogP contribution in [0.2, 0.25) is 0 Å². The maximum atomic E-state index is 4.89. The molecule has 64 valence electrons. The lowest BCUT2D eigenvalue weighted by Crippen LogP contribution is -2.32. The Morgan fingerprint density at radius 3 is 3.08 bits per heavy atom. The fourth-order valence-electron chi connectivity index (χ4n) is 0.682. The molecule has 1 heterocycles. The number of aromatic nitrogens is 2. The number of hydrogen-bond donors (Lipinski definition) is 2. The average Bonchev–Trinajstić information content (AvgIpc) is 2.16. The molecule has 0 saturated carbocycles. The van der Waals surface area contributed by atoms with Crippen LogP contribution in [0.3, 0.4) is 0 Å². The largest absolute Gasteiger partial charge is 0.366 e. The molecule has 4 nitrogen and oxygen atoms in total. The summed E-state index contributed by atoms with van der Waals surface area (Å²) in [6, 6.07) is 1.84. The van der Waals surface area contributed by atoms with Gasteiger partial charge in [-0.1, -0.05) is 0 Å². The molecule has 0 unspecified atom stereocenters. The Bertz CT molecular complexity index is 249. The SMILES string of the molecule is CNC(=S)NCc1ccncn1. The molecule has 1 aromatic heterocycles. The number of nitrogens with one attached hydrogen (secondary N) is 2. The van der Waals surface area contributed by atoms with Crippen molar-refractivity contribution in [3.63, 3.8) is 0 Å². The first kappa shape index (κ1) is 8.86. The summed E-state index contributed by atoms with van der Waals surface area (Å²) in [7, 11) is 1.77. The number of nitrogens with zero attached hydrogens (tertiary/aromatic N) is 2. The van der Waals surface area contributed by atoms with Crippen LogP contribution < -0.4 is 10.6 Å². The van der Waals surface area contributed by atoms with E-state index >= 15 is 0 Å². The lowest BCUT2D eigenvalue weighted by Gasteiger charge is -2.04. The van der Waals surface area contributed by atoms with Crippen LogP contribution in [0.1, 0.15) is 5.69 Å². The van der Waals surface area contributed by atoms with E-state index in [0.29, 0.717) is 11.7 Å². The molecule has 0 bridgehead atoms. The highest BCUT2D eigenvalue weighted by atomic mass is 32.1. The van der Waals surface area contributed by atoms with Crippen molar-refractivity contribution in [2.45, 2.75) is 6.54 Å². The monoisotopic (exact) mass is 182 g/mol. The summed E-state index contributed by atoms with van der Waals surface area (Å²) in [6.45, 7) is 0.627. The van der Waals surface area contributed by atoms with E-state index in [9.17, 15) is 0 Å². The topological polar surface area (TPSA) is 49.8 Å². The third-order valence-corrected chi connectivity index (χ3v) is 1.65. The minimum absolute atomic E-state index is 0.619. The van der Waals surface area contributed by atoms with Gasteiger partial charge in [0.2, 0.25) is 0 Å². The summed E-state index contributed by atoms with van der Waals surface area (Å²) in [6.07, 6.45) is 3.21. The van der Waals surface area contributed by atoms with Crippen LogP contribution in [0.4, 0.5) is 0 Å². The molecule has 0 aliphatic rings. The summed E-state index contributed by atoms with van der Waals surface area (Å²) in [5.41, 5.74) is 0.919. The molecule has 0 saturated heterocycles. The molecule has 0 atom stereocenters. The molecule has 0 radical (unpaired) electrons. The van der Waals surface area contributed by atoms with Crippen LogP contribution in [0.25, 0.3) is 0 Å². The highest BCUT2D eigenvalue weighted by molar-refractivity contribution is 7.80. The molecule has 1 aromatic rings. The van der Waals surface area contributed by atoms with E-state index in [0.717, 1.165) is 5.69 Å². The molecule has 0 aliphatic carbocycles. The summed E-state index contributed by atoms with van der Waals surface area (Å²) in [5.74, 6) is 0. The van der Waals surface area contributed by atoms with Crippen molar-refractivity contribution in [1.82, 2.24) is 20.6 Å². The zero-order valence-corrected chi connectivity index (χ0v) is 7.56. The Morgan fingerprint density at radius 2 is 2.50 bits per heavy atom.